The fourth-order valence-corrected chi connectivity index (χ4v) is 3.78. The van der Waals surface area contributed by atoms with Gasteiger partial charge in [0.25, 0.3) is 5.91 Å². The number of phenols is 1. The Kier molecular flexibility index (Phi) is 5.11. The minimum absolute atomic E-state index is 0.0336. The molecule has 0 spiro atoms. The molecule has 1 amide bonds. The third-order valence-electron chi connectivity index (χ3n) is 5.22. The minimum atomic E-state index is -0.0749. The Hall–Kier alpha value is -1.59. The van der Waals surface area contributed by atoms with Crippen molar-refractivity contribution in [3.63, 3.8) is 0 Å². The molecule has 3 rings (SSSR count). The number of nitrogens with one attached hydrogen (secondary N) is 1. The van der Waals surface area contributed by atoms with E-state index in [0.29, 0.717) is 18.8 Å². The Morgan fingerprint density at radius 1 is 1.29 bits per heavy atom. The first kappa shape index (κ1) is 17.2. The van der Waals surface area contributed by atoms with E-state index in [0.717, 1.165) is 24.2 Å². The molecule has 0 aromatic heterocycles. The average molecular weight is 332 g/mol. The van der Waals surface area contributed by atoms with Gasteiger partial charge >= 0.3 is 0 Å². The van der Waals surface area contributed by atoms with Crippen molar-refractivity contribution in [1.29, 1.82) is 0 Å². The number of carbonyl (C=O) groups excluding carboxylic acids is 1. The summed E-state index contributed by atoms with van der Waals surface area (Å²) in [5.74, 6) is 0.358. The summed E-state index contributed by atoms with van der Waals surface area (Å²) in [5.41, 5.74) is 2.25. The van der Waals surface area contributed by atoms with E-state index < -0.39 is 0 Å². The molecule has 1 aromatic carbocycles. The molecule has 0 unspecified atom stereocenters. The zero-order chi connectivity index (χ0) is 17.3. The van der Waals surface area contributed by atoms with Gasteiger partial charge in [-0.2, -0.15) is 0 Å². The van der Waals surface area contributed by atoms with Crippen LogP contribution in [0, 0.1) is 6.92 Å². The van der Waals surface area contributed by atoms with Crippen LogP contribution >= 0.6 is 0 Å². The molecule has 2 aliphatic heterocycles. The molecule has 24 heavy (non-hydrogen) atoms. The Balaban J connectivity index is 1.75. The molecular weight excluding hydrogens is 304 g/mol. The number of carbonyl (C=O) groups is 1. The molecule has 5 heteroatoms. The number of aryl methyl sites for hydroxylation is 1. The first-order valence-corrected chi connectivity index (χ1v) is 8.93. The molecule has 2 aliphatic rings. The molecule has 5 nitrogen and oxygen atoms in total. The quantitative estimate of drug-likeness (QED) is 0.889. The normalized spacial score (nSPS) is 24.7. The average Bonchev–Trinajstić information content (AvgIpc) is 3.17. The largest absolute Gasteiger partial charge is 0.508 e. The number of hydrogen-bond donors (Lipinski definition) is 2. The number of rotatable bonds is 4. The van der Waals surface area contributed by atoms with Crippen molar-refractivity contribution in [2.45, 2.75) is 51.6 Å². The Labute approximate surface area is 144 Å². The van der Waals surface area contributed by atoms with Gasteiger partial charge in [-0.25, -0.2) is 0 Å². The van der Waals surface area contributed by atoms with Crippen molar-refractivity contribution >= 4 is 5.91 Å². The van der Waals surface area contributed by atoms with E-state index in [1.807, 2.05) is 26.8 Å². The molecule has 132 valence electrons. The van der Waals surface area contributed by atoms with Gasteiger partial charge in [-0.15, -0.1) is 0 Å². The first-order valence-electron chi connectivity index (χ1n) is 8.93. The van der Waals surface area contributed by atoms with Gasteiger partial charge in [0.1, 0.15) is 5.75 Å². The molecular formula is C19H28N2O3. The van der Waals surface area contributed by atoms with Gasteiger partial charge in [-0.05, 0) is 62.0 Å². The summed E-state index contributed by atoms with van der Waals surface area (Å²) in [5, 5.41) is 13.2. The second-order valence-corrected chi connectivity index (χ2v) is 7.31. The number of ether oxygens (including phenoxy) is 1. The maximum absolute atomic E-state index is 12.8. The van der Waals surface area contributed by atoms with Crippen molar-refractivity contribution in [1.82, 2.24) is 10.2 Å². The van der Waals surface area contributed by atoms with E-state index in [4.69, 9.17) is 4.74 Å². The number of aromatic hydroxyl groups is 1. The van der Waals surface area contributed by atoms with Gasteiger partial charge in [-0.3, -0.25) is 9.69 Å². The van der Waals surface area contributed by atoms with Crippen molar-refractivity contribution in [2.24, 2.45) is 0 Å². The Morgan fingerprint density at radius 3 is 2.67 bits per heavy atom. The van der Waals surface area contributed by atoms with E-state index >= 15 is 0 Å². The second-order valence-electron chi connectivity index (χ2n) is 7.31. The second kappa shape index (κ2) is 7.11. The summed E-state index contributed by atoms with van der Waals surface area (Å²) in [6.45, 7) is 9.34. The highest BCUT2D eigenvalue weighted by Crippen LogP contribution is 2.29. The molecule has 0 radical (unpaired) electrons. The number of likely N-dealkylation sites (tertiary alicyclic amines) is 1. The molecule has 2 N–H and O–H groups in total. The van der Waals surface area contributed by atoms with Gasteiger partial charge < -0.3 is 15.2 Å². The van der Waals surface area contributed by atoms with E-state index in [9.17, 15) is 9.90 Å². The zero-order valence-corrected chi connectivity index (χ0v) is 14.8. The molecule has 2 heterocycles. The monoisotopic (exact) mass is 332 g/mol. The summed E-state index contributed by atoms with van der Waals surface area (Å²) >= 11 is 0. The van der Waals surface area contributed by atoms with Crippen LogP contribution in [0.2, 0.25) is 0 Å². The van der Waals surface area contributed by atoms with Gasteiger partial charge in [0.2, 0.25) is 0 Å². The standard InChI is InChI=1S/C19H28N2O3/c1-12(2)14-9-15(13(3)8-18(14)22)19(23)20-16-10-24-11-17(16)21-6-4-5-7-21/h8-9,12,16-17,22H,4-7,10-11H2,1-3H3,(H,20,23)/t16-,17-/m1/s1. The van der Waals surface area contributed by atoms with Crippen LogP contribution in [0.4, 0.5) is 0 Å². The lowest BCUT2D eigenvalue weighted by Crippen LogP contribution is -2.50. The number of amides is 1. The fraction of sp³-hybridized carbons (Fsp3) is 0.632. The lowest BCUT2D eigenvalue weighted by atomic mass is 9.96. The number of hydrogen-bond acceptors (Lipinski definition) is 4. The van der Waals surface area contributed by atoms with E-state index in [1.54, 1.807) is 6.07 Å². The number of nitrogens with zero attached hydrogens (tertiary/aromatic N) is 1. The van der Waals surface area contributed by atoms with E-state index in [-0.39, 0.29) is 29.7 Å². The van der Waals surface area contributed by atoms with Crippen LogP contribution in [0.3, 0.4) is 0 Å². The van der Waals surface area contributed by atoms with E-state index in [2.05, 4.69) is 10.2 Å². The van der Waals surface area contributed by atoms with Crippen LogP contribution in [-0.2, 0) is 4.74 Å². The molecule has 0 saturated carbocycles. The highest BCUT2D eigenvalue weighted by atomic mass is 16.5. The van der Waals surface area contributed by atoms with Gasteiger partial charge in [-0.1, -0.05) is 13.8 Å². The molecule has 0 aliphatic carbocycles. The van der Waals surface area contributed by atoms with Crippen LogP contribution in [-0.4, -0.2) is 54.3 Å². The van der Waals surface area contributed by atoms with Gasteiger partial charge in [0, 0.05) is 5.56 Å². The lowest BCUT2D eigenvalue weighted by molar-refractivity contribution is 0.0916. The SMILES string of the molecule is Cc1cc(O)c(C(C)C)cc1C(=O)N[C@@H]1COC[C@H]1N1CCCC1. The topological polar surface area (TPSA) is 61.8 Å². The highest BCUT2D eigenvalue weighted by Gasteiger charge is 2.35. The smallest absolute Gasteiger partial charge is 0.251 e. The van der Waals surface area contributed by atoms with Crippen molar-refractivity contribution in [3.8, 4) is 5.75 Å². The lowest BCUT2D eigenvalue weighted by Gasteiger charge is -2.28. The summed E-state index contributed by atoms with van der Waals surface area (Å²) in [7, 11) is 0. The summed E-state index contributed by atoms with van der Waals surface area (Å²) in [6, 6.07) is 3.82. The van der Waals surface area contributed by atoms with Crippen molar-refractivity contribution in [3.05, 3.63) is 28.8 Å². The summed E-state index contributed by atoms with van der Waals surface area (Å²) < 4.78 is 5.63. The highest BCUT2D eigenvalue weighted by molar-refractivity contribution is 5.96. The fourth-order valence-electron chi connectivity index (χ4n) is 3.78. The molecule has 2 atom stereocenters. The Morgan fingerprint density at radius 2 is 2.00 bits per heavy atom. The van der Waals surface area contributed by atoms with Crippen LogP contribution in [0.15, 0.2) is 12.1 Å². The van der Waals surface area contributed by atoms with Crippen molar-refractivity contribution < 1.29 is 14.6 Å². The first-order chi connectivity index (χ1) is 11.5. The van der Waals surface area contributed by atoms with Crippen LogP contribution in [0.1, 0.15) is 54.1 Å². The minimum Gasteiger partial charge on any atom is -0.508 e. The van der Waals surface area contributed by atoms with Crippen molar-refractivity contribution in [2.75, 3.05) is 26.3 Å². The number of phenolic OH excluding ortho intramolecular Hbond substituents is 1. The third-order valence-corrected chi connectivity index (χ3v) is 5.22. The Bertz CT molecular complexity index is 609. The summed E-state index contributed by atoms with van der Waals surface area (Å²) in [6.07, 6.45) is 2.46. The predicted octanol–water partition coefficient (Wildman–Crippen LogP) is 2.42. The molecule has 2 fully saturated rings. The van der Waals surface area contributed by atoms with Crippen LogP contribution in [0.25, 0.3) is 0 Å². The van der Waals surface area contributed by atoms with Gasteiger partial charge in [0.15, 0.2) is 0 Å². The maximum atomic E-state index is 12.8. The predicted molar refractivity (Wildman–Crippen MR) is 93.6 cm³/mol. The van der Waals surface area contributed by atoms with Gasteiger partial charge in [0.05, 0.1) is 25.3 Å². The molecule has 0 bridgehead atoms. The van der Waals surface area contributed by atoms with Crippen LogP contribution in [0.5, 0.6) is 5.75 Å². The zero-order valence-electron chi connectivity index (χ0n) is 14.8. The summed E-state index contributed by atoms with van der Waals surface area (Å²) in [4.78, 5) is 15.2. The maximum Gasteiger partial charge on any atom is 0.251 e. The van der Waals surface area contributed by atoms with E-state index in [1.165, 1.54) is 12.8 Å². The third kappa shape index (κ3) is 3.42. The number of benzene rings is 1. The van der Waals surface area contributed by atoms with Crippen LogP contribution < -0.4 is 5.32 Å². The molecule has 1 aromatic rings. The molecule has 2 saturated heterocycles.